The summed E-state index contributed by atoms with van der Waals surface area (Å²) < 4.78 is 5.47. The van der Waals surface area contributed by atoms with E-state index in [2.05, 4.69) is 19.8 Å². The van der Waals surface area contributed by atoms with Crippen molar-refractivity contribution in [1.29, 1.82) is 0 Å². The number of likely N-dealkylation sites (tertiary alicyclic amines) is 1. The van der Waals surface area contributed by atoms with E-state index in [4.69, 9.17) is 4.74 Å². The van der Waals surface area contributed by atoms with E-state index in [0.29, 0.717) is 19.1 Å². The van der Waals surface area contributed by atoms with Crippen LogP contribution in [0.15, 0.2) is 6.07 Å². The zero-order valence-corrected chi connectivity index (χ0v) is 15.6. The first-order valence-corrected chi connectivity index (χ1v) is 9.66. The Kier molecular flexibility index (Phi) is 4.61. The van der Waals surface area contributed by atoms with E-state index < -0.39 is 11.4 Å². The molecule has 1 aromatic heterocycles. The highest BCUT2D eigenvalue weighted by Gasteiger charge is 2.58. The van der Waals surface area contributed by atoms with Gasteiger partial charge in [-0.3, -0.25) is 9.69 Å². The summed E-state index contributed by atoms with van der Waals surface area (Å²) in [6.07, 6.45) is 2.81. The minimum Gasteiger partial charge on any atom is -0.481 e. The molecule has 0 aromatic carbocycles. The predicted octanol–water partition coefficient (Wildman–Crippen LogP) is 1.35. The molecule has 3 fully saturated rings. The fraction of sp³-hybridized carbons (Fsp3) is 0.737. The van der Waals surface area contributed by atoms with Crippen molar-refractivity contribution in [2.24, 2.45) is 11.3 Å². The van der Waals surface area contributed by atoms with Crippen LogP contribution in [0.3, 0.4) is 0 Å². The van der Waals surface area contributed by atoms with Gasteiger partial charge in [0.05, 0.1) is 0 Å². The summed E-state index contributed by atoms with van der Waals surface area (Å²) >= 11 is 0. The standard InChI is InChI=1S/C19H28N4O3/c1-3-16-20-13(2)8-17(21-16)23-10-14-9-22(15-4-6-26-7-5-15)11-19(14,12-23)18(24)25/h8,14-15H,3-7,9-12H2,1-2H3,(H,24,25)/t14-,19-/m1/s1. The molecule has 0 aliphatic carbocycles. The van der Waals surface area contributed by atoms with Gasteiger partial charge in [-0.15, -0.1) is 0 Å². The van der Waals surface area contributed by atoms with Crippen LogP contribution in [0.2, 0.25) is 0 Å². The minimum atomic E-state index is -0.691. The minimum absolute atomic E-state index is 0.142. The van der Waals surface area contributed by atoms with E-state index in [1.807, 2.05) is 19.9 Å². The molecule has 0 radical (unpaired) electrons. The van der Waals surface area contributed by atoms with Crippen molar-refractivity contribution in [3.8, 4) is 0 Å². The van der Waals surface area contributed by atoms with Crippen LogP contribution >= 0.6 is 0 Å². The monoisotopic (exact) mass is 360 g/mol. The Morgan fingerprint density at radius 2 is 2.08 bits per heavy atom. The molecule has 0 unspecified atom stereocenters. The summed E-state index contributed by atoms with van der Waals surface area (Å²) in [5.41, 5.74) is 0.251. The smallest absolute Gasteiger partial charge is 0.313 e. The average molecular weight is 360 g/mol. The summed E-state index contributed by atoms with van der Waals surface area (Å²) in [6.45, 7) is 8.38. The molecule has 7 heteroatoms. The van der Waals surface area contributed by atoms with Crippen LogP contribution in [-0.4, -0.2) is 71.4 Å². The van der Waals surface area contributed by atoms with Gasteiger partial charge in [-0.2, -0.15) is 0 Å². The molecule has 0 spiro atoms. The number of aryl methyl sites for hydroxylation is 2. The van der Waals surface area contributed by atoms with Crippen LogP contribution in [-0.2, 0) is 16.0 Å². The van der Waals surface area contributed by atoms with Gasteiger partial charge in [-0.05, 0) is 19.8 Å². The van der Waals surface area contributed by atoms with Crippen molar-refractivity contribution < 1.29 is 14.6 Å². The second-order valence-electron chi connectivity index (χ2n) is 7.95. The molecule has 0 amide bonds. The fourth-order valence-corrected chi connectivity index (χ4v) is 4.84. The summed E-state index contributed by atoms with van der Waals surface area (Å²) in [5.74, 6) is 1.18. The molecule has 4 heterocycles. The molecule has 1 N–H and O–H groups in total. The highest BCUT2D eigenvalue weighted by Crippen LogP contribution is 2.45. The highest BCUT2D eigenvalue weighted by atomic mass is 16.5. The van der Waals surface area contributed by atoms with Crippen LogP contribution < -0.4 is 4.90 Å². The van der Waals surface area contributed by atoms with E-state index in [1.165, 1.54) is 0 Å². The Hall–Kier alpha value is -1.73. The Balaban J connectivity index is 1.55. The normalized spacial score (nSPS) is 29.9. The second kappa shape index (κ2) is 6.78. The van der Waals surface area contributed by atoms with Crippen LogP contribution in [0.25, 0.3) is 0 Å². The van der Waals surface area contributed by atoms with Gasteiger partial charge in [-0.25, -0.2) is 9.97 Å². The third-order valence-corrected chi connectivity index (χ3v) is 6.30. The van der Waals surface area contributed by atoms with Gasteiger partial charge in [0.15, 0.2) is 0 Å². The molecule has 142 valence electrons. The van der Waals surface area contributed by atoms with Crippen LogP contribution in [0, 0.1) is 18.3 Å². The molecule has 4 rings (SSSR count). The molecule has 2 atom stereocenters. The first-order chi connectivity index (χ1) is 12.5. The summed E-state index contributed by atoms with van der Waals surface area (Å²) in [5, 5.41) is 10.1. The molecule has 0 saturated carbocycles. The zero-order chi connectivity index (χ0) is 18.3. The number of rotatable bonds is 4. The molecule has 3 saturated heterocycles. The lowest BCUT2D eigenvalue weighted by Crippen LogP contribution is -2.44. The highest BCUT2D eigenvalue weighted by molar-refractivity contribution is 5.78. The van der Waals surface area contributed by atoms with E-state index in [0.717, 1.165) is 62.9 Å². The number of ether oxygens (including phenoxy) is 1. The topological polar surface area (TPSA) is 78.8 Å². The SMILES string of the molecule is CCc1nc(C)cc(N2C[C@H]3CN(C4CCOCC4)C[C@@]3(C(=O)O)C2)n1. The maximum atomic E-state index is 12.3. The third kappa shape index (κ3) is 2.97. The lowest BCUT2D eigenvalue weighted by Gasteiger charge is -2.33. The summed E-state index contributed by atoms with van der Waals surface area (Å²) in [6, 6.07) is 2.44. The van der Waals surface area contributed by atoms with Crippen LogP contribution in [0.4, 0.5) is 5.82 Å². The first-order valence-electron chi connectivity index (χ1n) is 9.66. The molecule has 26 heavy (non-hydrogen) atoms. The molecule has 0 bridgehead atoms. The Bertz CT molecular complexity index is 691. The number of carboxylic acids is 1. The van der Waals surface area contributed by atoms with Crippen molar-refractivity contribution in [3.05, 3.63) is 17.6 Å². The molecule has 1 aromatic rings. The number of hydrogen-bond acceptors (Lipinski definition) is 6. The van der Waals surface area contributed by atoms with Crippen LogP contribution in [0.1, 0.15) is 31.3 Å². The van der Waals surface area contributed by atoms with E-state index in [-0.39, 0.29) is 5.92 Å². The van der Waals surface area contributed by atoms with Crippen molar-refractivity contribution >= 4 is 11.8 Å². The van der Waals surface area contributed by atoms with E-state index >= 15 is 0 Å². The Labute approximate surface area is 154 Å². The number of aromatic nitrogens is 2. The molecular weight excluding hydrogens is 332 g/mol. The Morgan fingerprint density at radius 3 is 2.73 bits per heavy atom. The summed E-state index contributed by atoms with van der Waals surface area (Å²) in [4.78, 5) is 26.0. The molecule has 3 aliphatic rings. The van der Waals surface area contributed by atoms with Crippen molar-refractivity contribution in [2.45, 2.75) is 39.2 Å². The van der Waals surface area contributed by atoms with Gasteiger partial charge in [0.25, 0.3) is 0 Å². The van der Waals surface area contributed by atoms with Crippen molar-refractivity contribution in [3.63, 3.8) is 0 Å². The van der Waals surface area contributed by atoms with Gasteiger partial charge in [-0.1, -0.05) is 6.92 Å². The molecule has 7 nitrogen and oxygen atoms in total. The summed E-state index contributed by atoms with van der Waals surface area (Å²) in [7, 11) is 0. The molecule has 3 aliphatic heterocycles. The average Bonchev–Trinajstić information content (AvgIpc) is 3.17. The predicted molar refractivity (Wildman–Crippen MR) is 97.3 cm³/mol. The quantitative estimate of drug-likeness (QED) is 0.868. The maximum absolute atomic E-state index is 12.3. The van der Waals surface area contributed by atoms with Gasteiger partial charge < -0.3 is 14.7 Å². The lowest BCUT2D eigenvalue weighted by molar-refractivity contribution is -0.148. The molecular formula is C19H28N4O3. The Morgan fingerprint density at radius 1 is 1.31 bits per heavy atom. The second-order valence-corrected chi connectivity index (χ2v) is 7.95. The van der Waals surface area contributed by atoms with Crippen molar-refractivity contribution in [1.82, 2.24) is 14.9 Å². The number of carboxylic acid groups (broad SMARTS) is 1. The maximum Gasteiger partial charge on any atom is 0.313 e. The number of aliphatic carboxylic acids is 1. The number of fused-ring (bicyclic) bond motifs is 1. The fourth-order valence-electron chi connectivity index (χ4n) is 4.84. The van der Waals surface area contributed by atoms with E-state index in [9.17, 15) is 9.90 Å². The van der Waals surface area contributed by atoms with Gasteiger partial charge in [0, 0.05) is 69.5 Å². The lowest BCUT2D eigenvalue weighted by atomic mass is 9.81. The largest absolute Gasteiger partial charge is 0.481 e. The van der Waals surface area contributed by atoms with E-state index in [1.54, 1.807) is 0 Å². The van der Waals surface area contributed by atoms with Gasteiger partial charge in [0.2, 0.25) is 0 Å². The number of hydrogen-bond donors (Lipinski definition) is 1. The number of anilines is 1. The van der Waals surface area contributed by atoms with Crippen LogP contribution in [0.5, 0.6) is 0 Å². The van der Waals surface area contributed by atoms with Gasteiger partial charge >= 0.3 is 5.97 Å². The van der Waals surface area contributed by atoms with Crippen molar-refractivity contribution in [2.75, 3.05) is 44.3 Å². The first kappa shape index (κ1) is 17.7. The number of carbonyl (C=O) groups is 1. The van der Waals surface area contributed by atoms with Gasteiger partial charge in [0.1, 0.15) is 17.1 Å². The number of nitrogens with zero attached hydrogens (tertiary/aromatic N) is 4. The third-order valence-electron chi connectivity index (χ3n) is 6.30. The zero-order valence-electron chi connectivity index (χ0n) is 15.6.